The summed E-state index contributed by atoms with van der Waals surface area (Å²) in [6.45, 7) is 7.22. The van der Waals surface area contributed by atoms with Crippen molar-refractivity contribution in [2.24, 2.45) is 0 Å². The molecule has 0 bridgehead atoms. The summed E-state index contributed by atoms with van der Waals surface area (Å²) in [7, 11) is 1.96. The highest BCUT2D eigenvalue weighted by atomic mass is 16.7. The van der Waals surface area contributed by atoms with Gasteiger partial charge in [0.15, 0.2) is 11.5 Å². The van der Waals surface area contributed by atoms with Crippen LogP contribution in [0.2, 0.25) is 0 Å². The SMILES string of the molecule is CC(C)c1ccc(CN(C)[C@H](C)C(=O)Nc2ccc3c(c2)OCO3)cc1. The molecule has 1 aliphatic rings. The molecule has 3 rings (SSSR count). The first-order valence-corrected chi connectivity index (χ1v) is 8.93. The lowest BCUT2D eigenvalue weighted by molar-refractivity contribution is -0.120. The number of ether oxygens (including phenoxy) is 2. The molecular weight excluding hydrogens is 328 g/mol. The Labute approximate surface area is 154 Å². The number of carbonyl (C=O) groups is 1. The van der Waals surface area contributed by atoms with Crippen LogP contribution in [-0.2, 0) is 11.3 Å². The summed E-state index contributed by atoms with van der Waals surface area (Å²) in [4.78, 5) is 14.6. The maximum Gasteiger partial charge on any atom is 0.241 e. The number of anilines is 1. The van der Waals surface area contributed by atoms with Gasteiger partial charge in [-0.25, -0.2) is 0 Å². The fourth-order valence-corrected chi connectivity index (χ4v) is 2.85. The van der Waals surface area contributed by atoms with Gasteiger partial charge in [-0.15, -0.1) is 0 Å². The number of carbonyl (C=O) groups excluding carboxylic acids is 1. The smallest absolute Gasteiger partial charge is 0.241 e. The van der Waals surface area contributed by atoms with Crippen LogP contribution in [0.4, 0.5) is 5.69 Å². The van der Waals surface area contributed by atoms with Crippen molar-refractivity contribution in [2.75, 3.05) is 19.2 Å². The summed E-state index contributed by atoms with van der Waals surface area (Å²) in [5, 5.41) is 2.95. The molecule has 0 unspecified atom stereocenters. The maximum atomic E-state index is 12.6. The van der Waals surface area contributed by atoms with Crippen molar-refractivity contribution in [1.82, 2.24) is 4.90 Å². The molecule has 0 aromatic heterocycles. The lowest BCUT2D eigenvalue weighted by Gasteiger charge is -2.24. The van der Waals surface area contributed by atoms with Gasteiger partial charge in [-0.2, -0.15) is 0 Å². The van der Waals surface area contributed by atoms with Crippen molar-refractivity contribution in [1.29, 1.82) is 0 Å². The van der Waals surface area contributed by atoms with E-state index in [0.29, 0.717) is 29.6 Å². The van der Waals surface area contributed by atoms with Gasteiger partial charge in [-0.3, -0.25) is 9.69 Å². The Balaban J connectivity index is 1.58. The third kappa shape index (κ3) is 4.17. The van der Waals surface area contributed by atoms with Crippen molar-refractivity contribution < 1.29 is 14.3 Å². The summed E-state index contributed by atoms with van der Waals surface area (Å²) >= 11 is 0. The van der Waals surface area contributed by atoms with E-state index in [0.717, 1.165) is 0 Å². The number of benzene rings is 2. The number of hydrogen-bond donors (Lipinski definition) is 1. The molecule has 2 aromatic rings. The Hall–Kier alpha value is -2.53. The molecule has 1 N–H and O–H groups in total. The molecule has 0 saturated carbocycles. The molecular formula is C21H26N2O3. The average molecular weight is 354 g/mol. The molecule has 1 atom stereocenters. The lowest BCUT2D eigenvalue weighted by Crippen LogP contribution is -2.39. The highest BCUT2D eigenvalue weighted by Crippen LogP contribution is 2.34. The zero-order valence-electron chi connectivity index (χ0n) is 15.8. The standard InChI is InChI=1S/C21H26N2O3/c1-14(2)17-7-5-16(6-8-17)12-23(4)15(3)21(24)22-18-9-10-19-20(11-18)26-13-25-19/h5-11,14-15H,12-13H2,1-4H3,(H,22,24)/t15-/m1/s1. The number of rotatable bonds is 6. The van der Waals surface area contributed by atoms with Crippen LogP contribution in [0.15, 0.2) is 42.5 Å². The fraction of sp³-hybridized carbons (Fsp3) is 0.381. The largest absolute Gasteiger partial charge is 0.454 e. The van der Waals surface area contributed by atoms with E-state index in [9.17, 15) is 4.79 Å². The summed E-state index contributed by atoms with van der Waals surface area (Å²) < 4.78 is 10.6. The summed E-state index contributed by atoms with van der Waals surface area (Å²) in [6, 6.07) is 13.7. The van der Waals surface area contributed by atoms with E-state index in [2.05, 4.69) is 43.4 Å². The highest BCUT2D eigenvalue weighted by Gasteiger charge is 2.20. The number of fused-ring (bicyclic) bond motifs is 1. The zero-order chi connectivity index (χ0) is 18.7. The molecule has 0 aliphatic carbocycles. The van der Waals surface area contributed by atoms with Gasteiger partial charge in [0, 0.05) is 18.3 Å². The summed E-state index contributed by atoms with van der Waals surface area (Å²) in [6.07, 6.45) is 0. The minimum atomic E-state index is -0.259. The molecule has 1 aliphatic heterocycles. The average Bonchev–Trinajstić information content (AvgIpc) is 3.09. The minimum Gasteiger partial charge on any atom is -0.454 e. The number of nitrogens with zero attached hydrogens (tertiary/aromatic N) is 1. The maximum absolute atomic E-state index is 12.6. The van der Waals surface area contributed by atoms with E-state index in [1.807, 2.05) is 31.0 Å². The van der Waals surface area contributed by atoms with E-state index in [4.69, 9.17) is 9.47 Å². The van der Waals surface area contributed by atoms with Gasteiger partial charge in [0.2, 0.25) is 12.7 Å². The Morgan fingerprint density at radius 1 is 1.08 bits per heavy atom. The van der Waals surface area contributed by atoms with Crippen LogP contribution >= 0.6 is 0 Å². The van der Waals surface area contributed by atoms with Gasteiger partial charge in [-0.1, -0.05) is 38.1 Å². The third-order valence-corrected chi connectivity index (χ3v) is 4.76. The minimum absolute atomic E-state index is 0.0508. The first kappa shape index (κ1) is 18.3. The predicted octanol–water partition coefficient (Wildman–Crippen LogP) is 4.00. The first-order valence-electron chi connectivity index (χ1n) is 8.93. The van der Waals surface area contributed by atoms with Crippen LogP contribution in [0, 0.1) is 0 Å². The zero-order valence-corrected chi connectivity index (χ0v) is 15.8. The molecule has 0 fully saturated rings. The van der Waals surface area contributed by atoms with Crippen molar-refractivity contribution in [3.63, 3.8) is 0 Å². The molecule has 5 heteroatoms. The highest BCUT2D eigenvalue weighted by molar-refractivity contribution is 5.94. The second-order valence-corrected chi connectivity index (χ2v) is 7.04. The molecule has 5 nitrogen and oxygen atoms in total. The number of likely N-dealkylation sites (N-methyl/N-ethyl adjacent to an activating group) is 1. The molecule has 1 heterocycles. The molecule has 26 heavy (non-hydrogen) atoms. The first-order chi connectivity index (χ1) is 12.4. The van der Waals surface area contributed by atoms with Gasteiger partial charge in [0.25, 0.3) is 0 Å². The van der Waals surface area contributed by atoms with E-state index >= 15 is 0 Å². The van der Waals surface area contributed by atoms with Gasteiger partial charge in [-0.05, 0) is 43.1 Å². The lowest BCUT2D eigenvalue weighted by atomic mass is 10.0. The molecule has 138 valence electrons. The van der Waals surface area contributed by atoms with Crippen LogP contribution in [0.1, 0.15) is 37.8 Å². The molecule has 1 amide bonds. The van der Waals surface area contributed by atoms with Crippen molar-refractivity contribution in [3.05, 3.63) is 53.6 Å². The normalized spacial score (nSPS) is 13.9. The molecule has 2 aromatic carbocycles. The molecule has 0 spiro atoms. The van der Waals surface area contributed by atoms with E-state index < -0.39 is 0 Å². The van der Waals surface area contributed by atoms with E-state index in [1.165, 1.54) is 11.1 Å². The monoisotopic (exact) mass is 354 g/mol. The predicted molar refractivity (Wildman–Crippen MR) is 103 cm³/mol. The van der Waals surface area contributed by atoms with Crippen LogP contribution in [0.3, 0.4) is 0 Å². The van der Waals surface area contributed by atoms with Gasteiger partial charge in [0.1, 0.15) is 0 Å². The van der Waals surface area contributed by atoms with Crippen molar-refractivity contribution >= 4 is 11.6 Å². The third-order valence-electron chi connectivity index (χ3n) is 4.76. The van der Waals surface area contributed by atoms with Crippen molar-refractivity contribution in [2.45, 2.75) is 39.3 Å². The van der Waals surface area contributed by atoms with Gasteiger partial charge in [0.05, 0.1) is 6.04 Å². The number of nitrogens with one attached hydrogen (secondary N) is 1. The molecule has 0 saturated heterocycles. The van der Waals surface area contributed by atoms with Crippen LogP contribution in [-0.4, -0.2) is 30.7 Å². The van der Waals surface area contributed by atoms with Crippen LogP contribution in [0.25, 0.3) is 0 Å². The number of amides is 1. The summed E-state index contributed by atoms with van der Waals surface area (Å²) in [5.74, 6) is 1.84. The van der Waals surface area contributed by atoms with Crippen molar-refractivity contribution in [3.8, 4) is 11.5 Å². The Morgan fingerprint density at radius 3 is 2.46 bits per heavy atom. The second-order valence-electron chi connectivity index (χ2n) is 7.04. The quantitative estimate of drug-likeness (QED) is 0.852. The second kappa shape index (κ2) is 7.79. The van der Waals surface area contributed by atoms with E-state index in [-0.39, 0.29) is 18.7 Å². The van der Waals surface area contributed by atoms with Crippen LogP contribution in [0.5, 0.6) is 11.5 Å². The Morgan fingerprint density at radius 2 is 1.77 bits per heavy atom. The number of hydrogen-bond acceptors (Lipinski definition) is 4. The Bertz CT molecular complexity index is 771. The summed E-state index contributed by atoms with van der Waals surface area (Å²) in [5.41, 5.74) is 3.23. The topological polar surface area (TPSA) is 50.8 Å². The Kier molecular flexibility index (Phi) is 5.47. The van der Waals surface area contributed by atoms with Gasteiger partial charge >= 0.3 is 0 Å². The van der Waals surface area contributed by atoms with Gasteiger partial charge < -0.3 is 14.8 Å². The van der Waals surface area contributed by atoms with E-state index in [1.54, 1.807) is 6.07 Å². The fourth-order valence-electron chi connectivity index (χ4n) is 2.85. The van der Waals surface area contributed by atoms with Crippen LogP contribution < -0.4 is 14.8 Å². The molecule has 0 radical (unpaired) electrons.